The first-order chi connectivity index (χ1) is 19.4. The third kappa shape index (κ3) is 20.7. The molecule has 5 heteroatoms. The van der Waals surface area contributed by atoms with Crippen LogP contribution >= 0.6 is 0 Å². The van der Waals surface area contributed by atoms with E-state index >= 15 is 0 Å². The highest BCUT2D eigenvalue weighted by Gasteiger charge is 2.40. The van der Waals surface area contributed by atoms with Crippen LogP contribution in [-0.2, 0) is 19.1 Å². The zero-order valence-corrected chi connectivity index (χ0v) is 27.4. The molecule has 0 aromatic carbocycles. The Balaban J connectivity index is 2.21. The summed E-state index contributed by atoms with van der Waals surface area (Å²) in [5.74, 6) is 0.550. The fourth-order valence-corrected chi connectivity index (χ4v) is 5.61. The minimum Gasteiger partial charge on any atom is -0.462 e. The SMILES string of the molecule is CCCCCCCCCC(CCCCCC(C)C(=O)OC1CC1CCCCCCCC)OC(=O)CCCN(C)C. The van der Waals surface area contributed by atoms with E-state index in [0.717, 1.165) is 64.3 Å². The van der Waals surface area contributed by atoms with Crippen LogP contribution in [0.25, 0.3) is 0 Å². The number of unbranched alkanes of at least 4 members (excludes halogenated alkanes) is 13. The predicted molar refractivity (Wildman–Crippen MR) is 169 cm³/mol. The van der Waals surface area contributed by atoms with Crippen LogP contribution in [0.3, 0.4) is 0 Å². The highest BCUT2D eigenvalue weighted by molar-refractivity contribution is 5.72. The van der Waals surface area contributed by atoms with Crippen molar-refractivity contribution < 1.29 is 19.1 Å². The standard InChI is InChI=1S/C35H67NO4/c1-6-8-10-12-14-16-20-25-32(39-34(37)27-22-28-36(4)5)26-21-17-18-23-30(3)35(38)40-33-29-31(33)24-19-15-13-11-9-7-2/h30-33H,6-29H2,1-5H3. The van der Waals surface area contributed by atoms with Crippen molar-refractivity contribution in [1.82, 2.24) is 4.90 Å². The van der Waals surface area contributed by atoms with Crippen molar-refractivity contribution in [2.75, 3.05) is 20.6 Å². The number of rotatable bonds is 28. The molecule has 4 atom stereocenters. The Labute approximate surface area is 248 Å². The largest absolute Gasteiger partial charge is 0.462 e. The molecule has 1 saturated carbocycles. The summed E-state index contributed by atoms with van der Waals surface area (Å²) in [5.41, 5.74) is 0. The predicted octanol–water partition coefficient (Wildman–Crippen LogP) is 9.65. The van der Waals surface area contributed by atoms with Crippen LogP contribution in [0.5, 0.6) is 0 Å². The summed E-state index contributed by atoms with van der Waals surface area (Å²) in [6.45, 7) is 7.45. The number of hydrogen-bond acceptors (Lipinski definition) is 5. The lowest BCUT2D eigenvalue weighted by Gasteiger charge is -2.19. The van der Waals surface area contributed by atoms with Crippen LogP contribution in [0.15, 0.2) is 0 Å². The average Bonchev–Trinajstić information content (AvgIpc) is 3.66. The monoisotopic (exact) mass is 566 g/mol. The molecule has 40 heavy (non-hydrogen) atoms. The number of carbonyl (C=O) groups excluding carboxylic acids is 2. The molecule has 1 aliphatic rings. The van der Waals surface area contributed by atoms with Crippen LogP contribution < -0.4 is 0 Å². The molecule has 4 unspecified atom stereocenters. The van der Waals surface area contributed by atoms with Gasteiger partial charge in [-0.25, -0.2) is 0 Å². The molecule has 0 spiro atoms. The van der Waals surface area contributed by atoms with Crippen molar-refractivity contribution in [3.63, 3.8) is 0 Å². The van der Waals surface area contributed by atoms with E-state index in [1.165, 1.54) is 83.5 Å². The highest BCUT2D eigenvalue weighted by Crippen LogP contribution is 2.39. The van der Waals surface area contributed by atoms with Crippen molar-refractivity contribution in [3.8, 4) is 0 Å². The smallest absolute Gasteiger partial charge is 0.308 e. The number of carbonyl (C=O) groups is 2. The lowest BCUT2D eigenvalue weighted by atomic mass is 9.99. The molecule has 0 aromatic heterocycles. The van der Waals surface area contributed by atoms with E-state index in [0.29, 0.717) is 12.3 Å². The van der Waals surface area contributed by atoms with Crippen molar-refractivity contribution in [2.24, 2.45) is 11.8 Å². The maximum Gasteiger partial charge on any atom is 0.308 e. The molecule has 1 aliphatic carbocycles. The third-order valence-corrected chi connectivity index (χ3v) is 8.53. The van der Waals surface area contributed by atoms with Crippen LogP contribution in [0.1, 0.15) is 168 Å². The summed E-state index contributed by atoms with van der Waals surface area (Å²) >= 11 is 0. The summed E-state index contributed by atoms with van der Waals surface area (Å²) in [6, 6.07) is 0. The topological polar surface area (TPSA) is 55.8 Å². The van der Waals surface area contributed by atoms with Gasteiger partial charge in [-0.2, -0.15) is 0 Å². The Bertz CT molecular complexity index is 623. The Morgan fingerprint density at radius 1 is 0.725 bits per heavy atom. The van der Waals surface area contributed by atoms with Gasteiger partial charge in [0.25, 0.3) is 0 Å². The summed E-state index contributed by atoms with van der Waals surface area (Å²) in [4.78, 5) is 27.1. The molecule has 0 aliphatic heterocycles. The summed E-state index contributed by atoms with van der Waals surface area (Å²) in [5, 5.41) is 0. The lowest BCUT2D eigenvalue weighted by Crippen LogP contribution is -2.20. The second-order valence-electron chi connectivity index (χ2n) is 13.0. The fraction of sp³-hybridized carbons (Fsp3) is 0.943. The van der Waals surface area contributed by atoms with E-state index < -0.39 is 0 Å². The van der Waals surface area contributed by atoms with Gasteiger partial charge in [0.1, 0.15) is 12.2 Å². The van der Waals surface area contributed by atoms with Gasteiger partial charge in [-0.1, -0.05) is 111 Å². The molecule has 1 rings (SSSR count). The van der Waals surface area contributed by atoms with Crippen LogP contribution in [-0.4, -0.2) is 49.7 Å². The molecular formula is C35H67NO4. The zero-order valence-electron chi connectivity index (χ0n) is 27.4. The van der Waals surface area contributed by atoms with E-state index in [9.17, 15) is 9.59 Å². The van der Waals surface area contributed by atoms with Gasteiger partial charge < -0.3 is 14.4 Å². The van der Waals surface area contributed by atoms with Gasteiger partial charge in [0.15, 0.2) is 0 Å². The molecule has 0 radical (unpaired) electrons. The summed E-state index contributed by atoms with van der Waals surface area (Å²) < 4.78 is 11.7. The second kappa shape index (κ2) is 24.5. The summed E-state index contributed by atoms with van der Waals surface area (Å²) in [7, 11) is 4.07. The molecule has 0 N–H and O–H groups in total. The maximum absolute atomic E-state index is 12.6. The Hall–Kier alpha value is -1.10. The molecule has 0 aromatic rings. The lowest BCUT2D eigenvalue weighted by molar-refractivity contribution is -0.151. The normalized spacial score (nSPS) is 18.1. The van der Waals surface area contributed by atoms with Crippen molar-refractivity contribution in [1.29, 1.82) is 0 Å². The van der Waals surface area contributed by atoms with E-state index in [-0.39, 0.29) is 30.1 Å². The quantitative estimate of drug-likeness (QED) is 0.0698. The molecule has 5 nitrogen and oxygen atoms in total. The molecule has 0 bridgehead atoms. The third-order valence-electron chi connectivity index (χ3n) is 8.53. The van der Waals surface area contributed by atoms with E-state index in [2.05, 4.69) is 18.7 Å². The maximum atomic E-state index is 12.6. The average molecular weight is 566 g/mol. The Morgan fingerprint density at radius 3 is 1.85 bits per heavy atom. The second-order valence-corrected chi connectivity index (χ2v) is 13.0. The van der Waals surface area contributed by atoms with Crippen molar-refractivity contribution >= 4 is 11.9 Å². The zero-order chi connectivity index (χ0) is 29.4. The molecule has 236 valence electrons. The van der Waals surface area contributed by atoms with Crippen LogP contribution in [0.4, 0.5) is 0 Å². The first-order valence-electron chi connectivity index (χ1n) is 17.4. The Kier molecular flexibility index (Phi) is 22.6. The van der Waals surface area contributed by atoms with Gasteiger partial charge in [0.2, 0.25) is 0 Å². The Morgan fingerprint density at radius 2 is 1.25 bits per heavy atom. The van der Waals surface area contributed by atoms with E-state index in [1.807, 2.05) is 21.0 Å². The molecular weight excluding hydrogens is 498 g/mol. The van der Waals surface area contributed by atoms with Gasteiger partial charge in [-0.15, -0.1) is 0 Å². The molecule has 0 amide bonds. The number of hydrogen-bond donors (Lipinski definition) is 0. The minimum atomic E-state index is -0.0407. The van der Waals surface area contributed by atoms with Gasteiger partial charge in [-0.05, 0) is 77.9 Å². The van der Waals surface area contributed by atoms with Gasteiger partial charge in [0.05, 0.1) is 5.92 Å². The molecule has 1 fully saturated rings. The fourth-order valence-electron chi connectivity index (χ4n) is 5.61. The first kappa shape index (κ1) is 36.9. The number of ether oxygens (including phenoxy) is 2. The van der Waals surface area contributed by atoms with E-state index in [4.69, 9.17) is 9.47 Å². The van der Waals surface area contributed by atoms with Gasteiger partial charge >= 0.3 is 11.9 Å². The van der Waals surface area contributed by atoms with Crippen LogP contribution in [0.2, 0.25) is 0 Å². The number of nitrogens with zero attached hydrogens (tertiary/aromatic N) is 1. The molecule has 0 saturated heterocycles. The summed E-state index contributed by atoms with van der Waals surface area (Å²) in [6.07, 6.45) is 26.8. The molecule has 0 heterocycles. The number of esters is 2. The van der Waals surface area contributed by atoms with Crippen LogP contribution in [0, 0.1) is 11.8 Å². The first-order valence-corrected chi connectivity index (χ1v) is 17.4. The highest BCUT2D eigenvalue weighted by atomic mass is 16.6. The van der Waals surface area contributed by atoms with Crippen molar-refractivity contribution in [2.45, 2.75) is 181 Å². The minimum absolute atomic E-state index is 0.00101. The van der Waals surface area contributed by atoms with Gasteiger partial charge in [-0.3, -0.25) is 9.59 Å². The van der Waals surface area contributed by atoms with Gasteiger partial charge in [0, 0.05) is 6.42 Å². The van der Waals surface area contributed by atoms with Crippen molar-refractivity contribution in [3.05, 3.63) is 0 Å². The van der Waals surface area contributed by atoms with E-state index in [1.54, 1.807) is 0 Å².